The first-order valence-corrected chi connectivity index (χ1v) is 11.3. The highest BCUT2D eigenvalue weighted by molar-refractivity contribution is 8.45. The largest absolute Gasteiger partial charge is 0.310 e. The van der Waals surface area contributed by atoms with Gasteiger partial charge < -0.3 is 4.98 Å². The maximum atomic E-state index is 12.9. The third kappa shape index (κ3) is 5.57. The van der Waals surface area contributed by atoms with Crippen molar-refractivity contribution >= 4 is 16.0 Å². The molecule has 0 bridgehead atoms. The summed E-state index contributed by atoms with van der Waals surface area (Å²) in [4.78, 5) is 29.5. The number of benzene rings is 2. The maximum absolute atomic E-state index is 12.9. The van der Waals surface area contributed by atoms with Crippen molar-refractivity contribution in [1.29, 1.82) is 0 Å². The molecule has 1 aromatic heterocycles. The molecule has 3 rings (SSSR count). The Kier molecular flexibility index (Phi) is 5.34. The normalized spacial score (nSPS) is 15.0. The number of halogens is 5. The monoisotopic (exact) mass is 458 g/mol. The smallest absolute Gasteiger partial charge is 0.306 e. The summed E-state index contributed by atoms with van der Waals surface area (Å²) in [6.45, 7) is 1.72. The van der Waals surface area contributed by atoms with E-state index in [1.54, 1.807) is 37.3 Å². The van der Waals surface area contributed by atoms with E-state index in [0.29, 0.717) is 29.7 Å². The zero-order valence-corrected chi connectivity index (χ0v) is 17.1. The van der Waals surface area contributed by atoms with Crippen LogP contribution in [0.2, 0.25) is 0 Å². The van der Waals surface area contributed by atoms with E-state index in [1.165, 1.54) is 0 Å². The Hall–Kier alpha value is -3.01. The fraction of sp³-hybridized carbons (Fsp3) is 0.190. The lowest BCUT2D eigenvalue weighted by molar-refractivity contribution is 0.0967. The van der Waals surface area contributed by atoms with Gasteiger partial charge in [-0.1, -0.05) is 68.8 Å². The summed E-state index contributed by atoms with van der Waals surface area (Å²) in [7, 11) is -9.76. The van der Waals surface area contributed by atoms with Crippen LogP contribution in [0.1, 0.15) is 41.7 Å². The lowest BCUT2D eigenvalue weighted by Crippen LogP contribution is -2.16. The number of ketones is 1. The van der Waals surface area contributed by atoms with Crippen LogP contribution in [0.4, 0.5) is 19.4 Å². The first kappa shape index (κ1) is 22.7. The first-order valence-electron chi connectivity index (χ1n) is 9.31. The topological polar surface area (TPSA) is 62.8 Å². The summed E-state index contributed by atoms with van der Waals surface area (Å²) in [6, 6.07) is 12.3. The number of carbonyl (C=O) groups excluding carboxylic acids is 1. The molecule has 0 saturated heterocycles. The molecule has 31 heavy (non-hydrogen) atoms. The lowest BCUT2D eigenvalue weighted by Gasteiger charge is -2.40. The van der Waals surface area contributed by atoms with E-state index in [-0.39, 0.29) is 17.9 Å². The highest BCUT2D eigenvalue weighted by Gasteiger charge is 2.65. The molecule has 0 spiro atoms. The molecule has 0 aliphatic rings. The minimum absolute atomic E-state index is 0.0790. The molecule has 0 aliphatic carbocycles. The SMILES string of the molecule is CC[C@@H](CC(=O)c1cc(=O)[nH]c(-c2ccccc2)n1)c1ccc(S(F)(F)(F)(F)F)cc1. The molecule has 0 saturated carbocycles. The van der Waals surface area contributed by atoms with Crippen LogP contribution >= 0.6 is 10.2 Å². The average molecular weight is 458 g/mol. The van der Waals surface area contributed by atoms with Gasteiger partial charge in [-0.3, -0.25) is 9.59 Å². The van der Waals surface area contributed by atoms with Gasteiger partial charge in [-0.25, -0.2) is 4.98 Å². The van der Waals surface area contributed by atoms with Crippen LogP contribution in [0.5, 0.6) is 0 Å². The maximum Gasteiger partial charge on any atom is 0.310 e. The summed E-state index contributed by atoms with van der Waals surface area (Å²) in [5.74, 6) is -0.794. The Balaban J connectivity index is 1.86. The van der Waals surface area contributed by atoms with E-state index in [2.05, 4.69) is 9.97 Å². The number of aromatic amines is 1. The molecule has 1 heterocycles. The molecule has 1 N–H and O–H groups in total. The van der Waals surface area contributed by atoms with Crippen molar-refractivity contribution in [3.8, 4) is 11.4 Å². The molecule has 3 aromatic rings. The predicted molar refractivity (Wildman–Crippen MR) is 110 cm³/mol. The molecule has 2 aromatic carbocycles. The van der Waals surface area contributed by atoms with Gasteiger partial charge >= 0.3 is 10.2 Å². The third-order valence-corrected chi connectivity index (χ3v) is 5.96. The van der Waals surface area contributed by atoms with E-state index < -0.39 is 32.4 Å². The number of rotatable bonds is 7. The van der Waals surface area contributed by atoms with Crippen molar-refractivity contribution in [2.75, 3.05) is 0 Å². The highest BCUT2D eigenvalue weighted by Crippen LogP contribution is 3.02. The zero-order valence-electron chi connectivity index (χ0n) is 16.3. The van der Waals surface area contributed by atoms with Gasteiger partial charge in [0.15, 0.2) is 5.78 Å². The van der Waals surface area contributed by atoms with Crippen molar-refractivity contribution in [3.05, 3.63) is 82.3 Å². The van der Waals surface area contributed by atoms with Crippen LogP contribution in [0.15, 0.2) is 70.4 Å². The first-order chi connectivity index (χ1) is 14.3. The molecule has 1 atom stereocenters. The Labute approximate surface area is 174 Å². The third-order valence-electron chi connectivity index (χ3n) is 4.80. The van der Waals surface area contributed by atoms with Gasteiger partial charge in [-0.2, -0.15) is 0 Å². The number of Topliss-reactive ketones (excluding diaryl/α,β-unsaturated/α-hetero) is 1. The van der Waals surface area contributed by atoms with Gasteiger partial charge in [0, 0.05) is 18.1 Å². The van der Waals surface area contributed by atoms with Crippen LogP contribution < -0.4 is 5.56 Å². The zero-order chi connectivity index (χ0) is 22.9. The molecular formula is C21H19F5N2O2S. The molecule has 166 valence electrons. The van der Waals surface area contributed by atoms with Crippen LogP contribution in [0, 0.1) is 0 Å². The molecule has 4 nitrogen and oxygen atoms in total. The van der Waals surface area contributed by atoms with Crippen LogP contribution in [-0.2, 0) is 0 Å². The highest BCUT2D eigenvalue weighted by atomic mass is 32.5. The molecule has 0 aliphatic heterocycles. The number of aromatic nitrogens is 2. The number of H-pyrrole nitrogens is 1. The second-order valence-corrected chi connectivity index (χ2v) is 9.53. The Bertz CT molecular complexity index is 1160. The molecule has 10 heteroatoms. The minimum Gasteiger partial charge on any atom is -0.306 e. The second-order valence-electron chi connectivity index (χ2n) is 7.12. The number of hydrogen-bond donors (Lipinski definition) is 1. The Morgan fingerprint density at radius 3 is 2.16 bits per heavy atom. The van der Waals surface area contributed by atoms with E-state index in [4.69, 9.17) is 0 Å². The van der Waals surface area contributed by atoms with Gasteiger partial charge in [0.05, 0.1) is 0 Å². The van der Waals surface area contributed by atoms with Crippen molar-refractivity contribution in [1.82, 2.24) is 9.97 Å². The summed E-state index contributed by atoms with van der Waals surface area (Å²) in [6.07, 6.45) is 0.229. The van der Waals surface area contributed by atoms with Gasteiger partial charge in [0.25, 0.3) is 5.56 Å². The fourth-order valence-electron chi connectivity index (χ4n) is 3.16. The standard InChI is InChI=1S/C21H19F5N2O2S/c1-2-14(15-8-10-17(11-9-15)31(22,23,24,25)26)12-19(29)18-13-20(30)28-21(27-18)16-6-4-3-5-7-16/h3-11,13-14H,2,12H2,1H3,(H,27,28,30)/t14-/m0/s1. The molecular weight excluding hydrogens is 439 g/mol. The van der Waals surface area contributed by atoms with E-state index in [0.717, 1.165) is 18.2 Å². The van der Waals surface area contributed by atoms with Crippen LogP contribution in [0.3, 0.4) is 0 Å². The Morgan fingerprint density at radius 1 is 1.00 bits per heavy atom. The van der Waals surface area contributed by atoms with Crippen molar-refractivity contribution in [2.45, 2.75) is 30.6 Å². The summed E-state index contributed by atoms with van der Waals surface area (Å²) < 4.78 is 64.6. The second kappa shape index (κ2) is 7.30. The molecule has 0 radical (unpaired) electrons. The van der Waals surface area contributed by atoms with E-state index in [1.807, 2.05) is 0 Å². The fourth-order valence-corrected chi connectivity index (χ4v) is 3.81. The average Bonchev–Trinajstić information content (AvgIpc) is 2.70. The van der Waals surface area contributed by atoms with E-state index >= 15 is 0 Å². The van der Waals surface area contributed by atoms with Crippen LogP contribution in [-0.4, -0.2) is 15.8 Å². The quantitative estimate of drug-likeness (QED) is 0.311. The van der Waals surface area contributed by atoms with Gasteiger partial charge in [-0.15, -0.1) is 0 Å². The number of hydrogen-bond acceptors (Lipinski definition) is 3. The Morgan fingerprint density at radius 2 is 1.61 bits per heavy atom. The number of carbonyl (C=O) groups is 1. The molecule has 0 unspecified atom stereocenters. The van der Waals surface area contributed by atoms with Crippen molar-refractivity contribution < 1.29 is 24.2 Å². The van der Waals surface area contributed by atoms with Gasteiger partial charge in [-0.05, 0) is 30.0 Å². The predicted octanol–water partition coefficient (Wildman–Crippen LogP) is 6.86. The van der Waals surface area contributed by atoms with Gasteiger partial charge in [0.2, 0.25) is 0 Å². The minimum atomic E-state index is -9.76. The molecule has 0 amide bonds. The van der Waals surface area contributed by atoms with Gasteiger partial charge in [0.1, 0.15) is 16.4 Å². The number of nitrogens with one attached hydrogen (secondary N) is 1. The molecule has 0 fully saturated rings. The van der Waals surface area contributed by atoms with Crippen molar-refractivity contribution in [3.63, 3.8) is 0 Å². The number of nitrogens with zero attached hydrogens (tertiary/aromatic N) is 1. The lowest BCUT2D eigenvalue weighted by atomic mass is 9.90. The summed E-state index contributed by atoms with van der Waals surface area (Å²) >= 11 is 0. The van der Waals surface area contributed by atoms with Crippen molar-refractivity contribution in [2.24, 2.45) is 0 Å². The van der Waals surface area contributed by atoms with E-state index in [9.17, 15) is 29.0 Å². The van der Waals surface area contributed by atoms with Crippen LogP contribution in [0.25, 0.3) is 11.4 Å². The summed E-state index contributed by atoms with van der Waals surface area (Å²) in [5, 5.41) is 0. The summed E-state index contributed by atoms with van der Waals surface area (Å²) in [5.41, 5.74) is 0.317.